The van der Waals surface area contributed by atoms with Crippen molar-refractivity contribution < 1.29 is 4.39 Å². The van der Waals surface area contributed by atoms with Crippen LogP contribution in [0.25, 0.3) is 11.4 Å². The number of nitrogens with zero attached hydrogens (tertiary/aromatic N) is 2. The van der Waals surface area contributed by atoms with Crippen molar-refractivity contribution in [2.75, 3.05) is 6.54 Å². The standard InChI is InChI=1S/C16H18FN3/c1-10-15(14-8-5-9-18-14)11(2)20-16(19-10)12-6-3-4-7-13(12)17/h3-4,6-7,14,18H,5,8-9H2,1-2H3. The molecule has 1 fully saturated rings. The Kier molecular flexibility index (Phi) is 3.49. The molecule has 0 aliphatic carbocycles. The molecule has 3 rings (SSSR count). The maximum Gasteiger partial charge on any atom is 0.162 e. The quantitative estimate of drug-likeness (QED) is 0.910. The van der Waals surface area contributed by atoms with Gasteiger partial charge in [-0.05, 0) is 45.4 Å². The highest BCUT2D eigenvalue weighted by Gasteiger charge is 2.22. The van der Waals surface area contributed by atoms with Crippen LogP contribution in [0.1, 0.15) is 35.8 Å². The minimum atomic E-state index is -0.280. The summed E-state index contributed by atoms with van der Waals surface area (Å²) in [5.74, 6) is 0.192. The molecule has 1 aromatic heterocycles. The second-order valence-electron chi connectivity index (χ2n) is 5.26. The van der Waals surface area contributed by atoms with Gasteiger partial charge in [0, 0.05) is 23.0 Å². The Labute approximate surface area is 118 Å². The van der Waals surface area contributed by atoms with Crippen molar-refractivity contribution in [3.05, 3.63) is 47.0 Å². The molecule has 3 nitrogen and oxygen atoms in total. The molecular formula is C16H18FN3. The van der Waals surface area contributed by atoms with Crippen molar-refractivity contribution in [2.24, 2.45) is 0 Å². The summed E-state index contributed by atoms with van der Waals surface area (Å²) in [5, 5.41) is 3.47. The lowest BCUT2D eigenvalue weighted by Crippen LogP contribution is -2.17. The molecule has 1 saturated heterocycles. The fraction of sp³-hybridized carbons (Fsp3) is 0.375. The van der Waals surface area contributed by atoms with E-state index in [1.54, 1.807) is 18.2 Å². The van der Waals surface area contributed by atoms with Crippen LogP contribution in [-0.4, -0.2) is 16.5 Å². The summed E-state index contributed by atoms with van der Waals surface area (Å²) < 4.78 is 13.8. The van der Waals surface area contributed by atoms with Gasteiger partial charge < -0.3 is 5.32 Å². The van der Waals surface area contributed by atoms with Crippen LogP contribution in [0.15, 0.2) is 24.3 Å². The monoisotopic (exact) mass is 271 g/mol. The summed E-state index contributed by atoms with van der Waals surface area (Å²) in [6.07, 6.45) is 2.29. The van der Waals surface area contributed by atoms with Gasteiger partial charge in [-0.25, -0.2) is 14.4 Å². The first-order valence-electron chi connectivity index (χ1n) is 7.00. The summed E-state index contributed by atoms with van der Waals surface area (Å²) in [6, 6.07) is 6.98. The maximum absolute atomic E-state index is 13.8. The number of halogens is 1. The van der Waals surface area contributed by atoms with Crippen molar-refractivity contribution in [3.63, 3.8) is 0 Å². The largest absolute Gasteiger partial charge is 0.310 e. The van der Waals surface area contributed by atoms with Gasteiger partial charge in [0.2, 0.25) is 0 Å². The number of aryl methyl sites for hydroxylation is 2. The highest BCUT2D eigenvalue weighted by Crippen LogP contribution is 2.29. The summed E-state index contributed by atoms with van der Waals surface area (Å²) in [5.41, 5.74) is 3.51. The van der Waals surface area contributed by atoms with Gasteiger partial charge in [-0.15, -0.1) is 0 Å². The van der Waals surface area contributed by atoms with Crippen molar-refractivity contribution >= 4 is 0 Å². The second-order valence-corrected chi connectivity index (χ2v) is 5.26. The smallest absolute Gasteiger partial charge is 0.162 e. The topological polar surface area (TPSA) is 37.8 Å². The van der Waals surface area contributed by atoms with Crippen LogP contribution in [0.3, 0.4) is 0 Å². The van der Waals surface area contributed by atoms with E-state index in [1.807, 2.05) is 13.8 Å². The third-order valence-electron chi connectivity index (χ3n) is 3.85. The molecule has 0 spiro atoms. The Morgan fingerprint density at radius 3 is 2.45 bits per heavy atom. The first-order chi connectivity index (χ1) is 9.66. The lowest BCUT2D eigenvalue weighted by atomic mass is 10.0. The number of benzene rings is 1. The van der Waals surface area contributed by atoms with E-state index in [9.17, 15) is 4.39 Å². The molecule has 0 saturated carbocycles. The third kappa shape index (κ3) is 2.31. The van der Waals surface area contributed by atoms with Crippen LogP contribution in [-0.2, 0) is 0 Å². The Balaban J connectivity index is 2.06. The molecular weight excluding hydrogens is 253 g/mol. The van der Waals surface area contributed by atoms with Crippen LogP contribution in [0, 0.1) is 19.7 Å². The summed E-state index contributed by atoms with van der Waals surface area (Å²) >= 11 is 0. The normalized spacial score (nSPS) is 18.4. The highest BCUT2D eigenvalue weighted by molar-refractivity contribution is 5.56. The van der Waals surface area contributed by atoms with Gasteiger partial charge in [0.05, 0.1) is 5.56 Å². The van der Waals surface area contributed by atoms with E-state index in [0.717, 1.165) is 24.4 Å². The predicted octanol–water partition coefficient (Wildman–Crippen LogP) is 3.32. The molecule has 1 aliphatic heterocycles. The van der Waals surface area contributed by atoms with E-state index in [2.05, 4.69) is 15.3 Å². The fourth-order valence-electron chi connectivity index (χ4n) is 2.92. The van der Waals surface area contributed by atoms with Gasteiger partial charge in [0.15, 0.2) is 5.82 Å². The molecule has 2 heterocycles. The molecule has 2 aromatic rings. The fourth-order valence-corrected chi connectivity index (χ4v) is 2.92. The molecule has 0 radical (unpaired) electrons. The molecule has 1 N–H and O–H groups in total. The minimum Gasteiger partial charge on any atom is -0.310 e. The third-order valence-corrected chi connectivity index (χ3v) is 3.85. The van der Waals surface area contributed by atoms with E-state index < -0.39 is 0 Å². The van der Waals surface area contributed by atoms with E-state index in [-0.39, 0.29) is 5.82 Å². The molecule has 1 aliphatic rings. The Bertz CT molecular complexity index is 610. The zero-order valence-corrected chi connectivity index (χ0v) is 11.8. The number of aromatic nitrogens is 2. The number of hydrogen-bond acceptors (Lipinski definition) is 3. The lowest BCUT2D eigenvalue weighted by molar-refractivity contribution is 0.624. The first kappa shape index (κ1) is 13.2. The van der Waals surface area contributed by atoms with Gasteiger partial charge in [-0.3, -0.25) is 0 Å². The van der Waals surface area contributed by atoms with Gasteiger partial charge in [0.1, 0.15) is 5.82 Å². The highest BCUT2D eigenvalue weighted by atomic mass is 19.1. The van der Waals surface area contributed by atoms with Gasteiger partial charge in [-0.1, -0.05) is 12.1 Å². The van der Waals surface area contributed by atoms with Crippen molar-refractivity contribution in [2.45, 2.75) is 32.7 Å². The van der Waals surface area contributed by atoms with Crippen molar-refractivity contribution in [1.29, 1.82) is 0 Å². The zero-order valence-electron chi connectivity index (χ0n) is 11.8. The number of hydrogen-bond donors (Lipinski definition) is 1. The van der Waals surface area contributed by atoms with Crippen LogP contribution in [0.5, 0.6) is 0 Å². The Morgan fingerprint density at radius 2 is 1.85 bits per heavy atom. The van der Waals surface area contributed by atoms with Crippen molar-refractivity contribution in [1.82, 2.24) is 15.3 Å². The Morgan fingerprint density at radius 1 is 1.15 bits per heavy atom. The van der Waals surface area contributed by atoms with Gasteiger partial charge in [0.25, 0.3) is 0 Å². The zero-order chi connectivity index (χ0) is 14.1. The van der Waals surface area contributed by atoms with Crippen molar-refractivity contribution in [3.8, 4) is 11.4 Å². The lowest BCUT2D eigenvalue weighted by Gasteiger charge is -2.17. The molecule has 1 unspecified atom stereocenters. The van der Waals surface area contributed by atoms with E-state index in [0.29, 0.717) is 17.4 Å². The summed E-state index contributed by atoms with van der Waals surface area (Å²) in [6.45, 7) is 5.00. The van der Waals surface area contributed by atoms with Gasteiger partial charge >= 0.3 is 0 Å². The van der Waals surface area contributed by atoms with Crippen LogP contribution in [0.2, 0.25) is 0 Å². The molecule has 0 amide bonds. The predicted molar refractivity (Wildman–Crippen MR) is 76.9 cm³/mol. The van der Waals surface area contributed by atoms with E-state index in [1.165, 1.54) is 18.1 Å². The van der Waals surface area contributed by atoms with Crippen LogP contribution >= 0.6 is 0 Å². The Hall–Kier alpha value is -1.81. The SMILES string of the molecule is Cc1nc(-c2ccccc2F)nc(C)c1C1CCCN1. The maximum atomic E-state index is 13.8. The molecule has 20 heavy (non-hydrogen) atoms. The van der Waals surface area contributed by atoms with E-state index >= 15 is 0 Å². The summed E-state index contributed by atoms with van der Waals surface area (Å²) in [7, 11) is 0. The van der Waals surface area contributed by atoms with E-state index in [4.69, 9.17) is 0 Å². The molecule has 0 bridgehead atoms. The molecule has 1 aromatic carbocycles. The van der Waals surface area contributed by atoms with Crippen LogP contribution < -0.4 is 5.32 Å². The first-order valence-corrected chi connectivity index (χ1v) is 7.00. The van der Waals surface area contributed by atoms with Gasteiger partial charge in [-0.2, -0.15) is 0 Å². The molecule has 1 atom stereocenters. The second kappa shape index (κ2) is 5.29. The minimum absolute atomic E-state index is 0.280. The molecule has 4 heteroatoms. The molecule has 104 valence electrons. The summed E-state index contributed by atoms with van der Waals surface area (Å²) in [4.78, 5) is 9.04. The van der Waals surface area contributed by atoms with Crippen LogP contribution in [0.4, 0.5) is 4.39 Å². The average Bonchev–Trinajstić information content (AvgIpc) is 2.92. The number of rotatable bonds is 2. The number of nitrogens with one attached hydrogen (secondary N) is 1. The average molecular weight is 271 g/mol.